The van der Waals surface area contributed by atoms with Crippen molar-refractivity contribution in [1.29, 1.82) is 0 Å². The van der Waals surface area contributed by atoms with Crippen molar-refractivity contribution in [2.45, 2.75) is 33.6 Å². The lowest BCUT2D eigenvalue weighted by Crippen LogP contribution is -1.96. The van der Waals surface area contributed by atoms with Crippen molar-refractivity contribution in [1.82, 2.24) is 9.97 Å². The predicted octanol–water partition coefficient (Wildman–Crippen LogP) is 5.33. The second-order valence-electron chi connectivity index (χ2n) is 5.58. The van der Waals surface area contributed by atoms with E-state index in [1.165, 1.54) is 0 Å². The van der Waals surface area contributed by atoms with Crippen LogP contribution in [-0.2, 0) is 0 Å². The van der Waals surface area contributed by atoms with E-state index in [0.29, 0.717) is 0 Å². The number of rotatable bonds is 6. The minimum atomic E-state index is 0.751. The molecule has 0 saturated carbocycles. The van der Waals surface area contributed by atoms with Crippen LogP contribution < -0.4 is 0 Å². The molecule has 0 aliphatic rings. The van der Waals surface area contributed by atoms with Gasteiger partial charge in [0.25, 0.3) is 0 Å². The molecular formula is C20H23N3. The Balaban J connectivity index is 2.36. The Hall–Kier alpha value is -2.55. The van der Waals surface area contributed by atoms with Gasteiger partial charge in [0, 0.05) is 5.56 Å². The van der Waals surface area contributed by atoms with Gasteiger partial charge in [0.15, 0.2) is 0 Å². The van der Waals surface area contributed by atoms with Crippen molar-refractivity contribution >= 4 is 18.0 Å². The van der Waals surface area contributed by atoms with Crippen LogP contribution in [0.3, 0.4) is 0 Å². The maximum atomic E-state index is 4.53. The Bertz CT molecular complexity index is 740. The molecule has 1 heterocycles. The van der Waals surface area contributed by atoms with Crippen LogP contribution in [0, 0.1) is 6.92 Å². The zero-order valence-corrected chi connectivity index (χ0v) is 14.1. The van der Waals surface area contributed by atoms with E-state index in [1.807, 2.05) is 19.9 Å². The Kier molecular flexibility index (Phi) is 5.58. The van der Waals surface area contributed by atoms with Crippen LogP contribution in [0.25, 0.3) is 22.5 Å². The third-order valence-electron chi connectivity index (χ3n) is 3.55. The summed E-state index contributed by atoms with van der Waals surface area (Å²) < 4.78 is 0. The fourth-order valence-electron chi connectivity index (χ4n) is 2.30. The summed E-state index contributed by atoms with van der Waals surface area (Å²) in [6, 6.07) is 10.2. The molecule has 0 aliphatic heterocycles. The molecule has 3 nitrogen and oxygen atoms in total. The van der Waals surface area contributed by atoms with E-state index in [1.54, 1.807) is 0 Å². The Morgan fingerprint density at radius 2 is 1.91 bits per heavy atom. The smallest absolute Gasteiger partial charge is 0.126 e. The number of hydrogen-bond acceptors (Lipinski definition) is 3. The highest BCUT2D eigenvalue weighted by atomic mass is 14.9. The molecule has 3 heteroatoms. The van der Waals surface area contributed by atoms with E-state index in [2.05, 4.69) is 65.5 Å². The summed E-state index contributed by atoms with van der Waals surface area (Å²) in [5.74, 6) is 0.751. The normalized spacial score (nSPS) is 11.3. The maximum absolute atomic E-state index is 4.53. The number of nitrogens with zero attached hydrogens (tertiary/aromatic N) is 3. The summed E-state index contributed by atoms with van der Waals surface area (Å²) in [5.41, 5.74) is 5.79. The van der Waals surface area contributed by atoms with Gasteiger partial charge in [-0.05, 0) is 44.2 Å². The molecule has 0 aliphatic carbocycles. The molecule has 0 unspecified atom stereocenters. The molecule has 0 N–H and O–H groups in total. The molecule has 1 aromatic heterocycles. The molecule has 0 atom stereocenters. The number of aromatic nitrogens is 2. The van der Waals surface area contributed by atoms with Crippen molar-refractivity contribution in [3.63, 3.8) is 0 Å². The molecule has 23 heavy (non-hydrogen) atoms. The van der Waals surface area contributed by atoms with Gasteiger partial charge in [-0.15, -0.1) is 0 Å². The minimum absolute atomic E-state index is 0.751. The van der Waals surface area contributed by atoms with Gasteiger partial charge in [-0.25, -0.2) is 9.97 Å². The fraction of sp³-hybridized carbons (Fsp3) is 0.250. The molecule has 0 fully saturated rings. The molecule has 118 valence electrons. The van der Waals surface area contributed by atoms with Gasteiger partial charge in [-0.2, -0.15) is 0 Å². The van der Waals surface area contributed by atoms with E-state index in [-0.39, 0.29) is 0 Å². The number of benzene rings is 1. The number of allylic oxidation sites excluding steroid dienone is 2. The fourth-order valence-corrected chi connectivity index (χ4v) is 2.30. The van der Waals surface area contributed by atoms with Crippen molar-refractivity contribution in [2.75, 3.05) is 0 Å². The average Bonchev–Trinajstić information content (AvgIpc) is 2.55. The zero-order valence-electron chi connectivity index (χ0n) is 14.1. The number of unbranched alkanes of at least 4 members (excludes halogenated alkanes) is 1. The summed E-state index contributed by atoms with van der Waals surface area (Å²) >= 11 is 0. The van der Waals surface area contributed by atoms with Crippen molar-refractivity contribution in [2.24, 2.45) is 4.99 Å². The largest absolute Gasteiger partial charge is 0.264 e. The molecule has 2 rings (SSSR count). The summed E-state index contributed by atoms with van der Waals surface area (Å²) in [5, 5.41) is 0. The summed E-state index contributed by atoms with van der Waals surface area (Å²) in [6.45, 7) is 13.6. The van der Waals surface area contributed by atoms with Gasteiger partial charge in [-0.1, -0.05) is 50.3 Å². The highest BCUT2D eigenvalue weighted by Crippen LogP contribution is 2.24. The second-order valence-corrected chi connectivity index (χ2v) is 5.58. The van der Waals surface area contributed by atoms with Crippen LogP contribution in [0.2, 0.25) is 0 Å². The molecule has 0 spiro atoms. The van der Waals surface area contributed by atoms with Crippen molar-refractivity contribution < 1.29 is 0 Å². The molecule has 2 aromatic rings. The topological polar surface area (TPSA) is 38.1 Å². The van der Waals surface area contributed by atoms with E-state index in [4.69, 9.17) is 0 Å². The minimum Gasteiger partial charge on any atom is -0.264 e. The third-order valence-corrected chi connectivity index (χ3v) is 3.55. The van der Waals surface area contributed by atoms with Gasteiger partial charge in [0.1, 0.15) is 5.82 Å². The molecule has 0 amide bonds. The maximum Gasteiger partial charge on any atom is 0.126 e. The first-order valence-corrected chi connectivity index (χ1v) is 7.84. The Morgan fingerprint density at radius 1 is 1.22 bits per heavy atom. The SMILES string of the molecule is C=N/C(=C\CCC)c1ccc(-c2cc(C(=C)C)nc(C)n2)cc1. The highest BCUT2D eigenvalue weighted by molar-refractivity contribution is 5.71. The van der Waals surface area contributed by atoms with Gasteiger partial charge >= 0.3 is 0 Å². The van der Waals surface area contributed by atoms with Crippen molar-refractivity contribution in [3.8, 4) is 11.3 Å². The van der Waals surface area contributed by atoms with Crippen molar-refractivity contribution in [3.05, 3.63) is 60.1 Å². The first-order chi connectivity index (χ1) is 11.0. The van der Waals surface area contributed by atoms with E-state index >= 15 is 0 Å². The molecular weight excluding hydrogens is 282 g/mol. The molecule has 0 saturated heterocycles. The number of hydrogen-bond donors (Lipinski definition) is 0. The Labute approximate surface area is 138 Å². The zero-order chi connectivity index (χ0) is 16.8. The van der Waals surface area contributed by atoms with E-state index in [0.717, 1.165) is 52.5 Å². The monoisotopic (exact) mass is 305 g/mol. The molecule has 0 radical (unpaired) electrons. The lowest BCUT2D eigenvalue weighted by molar-refractivity contribution is 0.958. The lowest BCUT2D eigenvalue weighted by Gasteiger charge is -2.07. The number of aryl methyl sites for hydroxylation is 1. The number of aliphatic imine (C=N–C) groups is 1. The van der Waals surface area contributed by atoms with Gasteiger partial charge in [-0.3, -0.25) is 4.99 Å². The lowest BCUT2D eigenvalue weighted by atomic mass is 10.0. The Morgan fingerprint density at radius 3 is 2.48 bits per heavy atom. The highest BCUT2D eigenvalue weighted by Gasteiger charge is 2.06. The average molecular weight is 305 g/mol. The molecule has 1 aromatic carbocycles. The summed E-state index contributed by atoms with van der Waals surface area (Å²) in [7, 11) is 0. The van der Waals surface area contributed by atoms with E-state index < -0.39 is 0 Å². The van der Waals surface area contributed by atoms with Crippen LogP contribution in [0.5, 0.6) is 0 Å². The third kappa shape index (κ3) is 4.22. The van der Waals surface area contributed by atoms with Crippen LogP contribution in [0.1, 0.15) is 43.8 Å². The summed E-state index contributed by atoms with van der Waals surface area (Å²) in [4.78, 5) is 13.1. The van der Waals surface area contributed by atoms with Gasteiger partial charge in [0.05, 0.1) is 17.1 Å². The molecule has 0 bridgehead atoms. The predicted molar refractivity (Wildman–Crippen MR) is 99.3 cm³/mol. The quantitative estimate of drug-likeness (QED) is 0.677. The van der Waals surface area contributed by atoms with Gasteiger partial charge in [0.2, 0.25) is 0 Å². The van der Waals surface area contributed by atoms with Crippen LogP contribution in [0.4, 0.5) is 0 Å². The van der Waals surface area contributed by atoms with Crippen LogP contribution in [0.15, 0.2) is 48.0 Å². The van der Waals surface area contributed by atoms with Crippen LogP contribution in [-0.4, -0.2) is 16.7 Å². The first-order valence-electron chi connectivity index (χ1n) is 7.84. The second kappa shape index (κ2) is 7.63. The summed E-state index contributed by atoms with van der Waals surface area (Å²) in [6.07, 6.45) is 4.22. The van der Waals surface area contributed by atoms with Crippen LogP contribution >= 0.6 is 0 Å². The van der Waals surface area contributed by atoms with Gasteiger partial charge < -0.3 is 0 Å². The van der Waals surface area contributed by atoms with E-state index in [9.17, 15) is 0 Å². The standard InChI is InChI=1S/C20H23N3/c1-6-7-8-18(21-5)16-9-11-17(12-10-16)20-13-19(14(2)3)22-15(4)23-20/h8-13H,2,5-7H2,1,3-4H3/b18-8-. The first kappa shape index (κ1) is 16.8.